The molecule has 0 aromatic heterocycles. The summed E-state index contributed by atoms with van der Waals surface area (Å²) in [6.07, 6.45) is -0.560. The number of Topliss-reactive ketones (excluding diaryl/α,β-unsaturated/α-hetero) is 1. The van der Waals surface area contributed by atoms with E-state index >= 15 is 0 Å². The quantitative estimate of drug-likeness (QED) is 0.532. The van der Waals surface area contributed by atoms with Crippen LogP contribution in [0.15, 0.2) is 0 Å². The van der Waals surface area contributed by atoms with Gasteiger partial charge in [0.15, 0.2) is 24.0 Å². The molecule has 2 rings (SSSR count). The van der Waals surface area contributed by atoms with Crippen LogP contribution in [0.3, 0.4) is 0 Å². The standard InChI is InChI=1S/C8H12O4/c1-8(2)11-6-5(9)3-4-10-7(6)12-8/h6-7H,3-4H2,1-2H3. The number of hydrogen-bond donors (Lipinski definition) is 0. The van der Waals surface area contributed by atoms with Crippen molar-refractivity contribution in [1.82, 2.24) is 0 Å². The first-order valence-electron chi connectivity index (χ1n) is 4.08. The number of hydrogen-bond acceptors (Lipinski definition) is 4. The van der Waals surface area contributed by atoms with Gasteiger partial charge in [0.1, 0.15) is 0 Å². The SMILES string of the molecule is CC1(C)OC2OCCC(=O)C2O1. The smallest absolute Gasteiger partial charge is 0.194 e. The fourth-order valence-corrected chi connectivity index (χ4v) is 1.49. The van der Waals surface area contributed by atoms with Gasteiger partial charge in [0.2, 0.25) is 0 Å². The van der Waals surface area contributed by atoms with Gasteiger partial charge in [-0.1, -0.05) is 0 Å². The lowest BCUT2D eigenvalue weighted by Crippen LogP contribution is -2.38. The molecule has 12 heavy (non-hydrogen) atoms. The van der Waals surface area contributed by atoms with E-state index in [9.17, 15) is 4.79 Å². The lowest BCUT2D eigenvalue weighted by molar-refractivity contribution is -0.191. The third-order valence-electron chi connectivity index (χ3n) is 2.01. The van der Waals surface area contributed by atoms with E-state index in [2.05, 4.69) is 0 Å². The van der Waals surface area contributed by atoms with Crippen LogP contribution in [-0.4, -0.2) is 30.6 Å². The predicted octanol–water partition coefficient (Wildman–Crippen LogP) is 0.453. The molecular formula is C8H12O4. The second-order valence-corrected chi connectivity index (χ2v) is 3.51. The summed E-state index contributed by atoms with van der Waals surface area (Å²) >= 11 is 0. The van der Waals surface area contributed by atoms with E-state index in [1.54, 1.807) is 13.8 Å². The summed E-state index contributed by atoms with van der Waals surface area (Å²) in [4.78, 5) is 11.3. The van der Waals surface area contributed by atoms with Gasteiger partial charge in [-0.15, -0.1) is 0 Å². The zero-order valence-corrected chi connectivity index (χ0v) is 7.20. The minimum atomic E-state index is -0.685. The van der Waals surface area contributed by atoms with Crippen molar-refractivity contribution in [2.75, 3.05) is 6.61 Å². The van der Waals surface area contributed by atoms with Crippen LogP contribution in [0.2, 0.25) is 0 Å². The predicted molar refractivity (Wildman–Crippen MR) is 39.4 cm³/mol. The van der Waals surface area contributed by atoms with Crippen LogP contribution in [0.4, 0.5) is 0 Å². The summed E-state index contributed by atoms with van der Waals surface area (Å²) in [5, 5.41) is 0. The van der Waals surface area contributed by atoms with Crippen LogP contribution in [-0.2, 0) is 19.0 Å². The van der Waals surface area contributed by atoms with Gasteiger partial charge in [-0.25, -0.2) is 0 Å². The van der Waals surface area contributed by atoms with Crippen molar-refractivity contribution in [1.29, 1.82) is 0 Å². The van der Waals surface area contributed by atoms with Gasteiger partial charge in [-0.05, 0) is 13.8 Å². The maximum absolute atomic E-state index is 11.3. The van der Waals surface area contributed by atoms with Crippen molar-refractivity contribution in [3.63, 3.8) is 0 Å². The Bertz CT molecular complexity index is 211. The molecule has 0 spiro atoms. The number of fused-ring (bicyclic) bond motifs is 1. The van der Waals surface area contributed by atoms with E-state index in [-0.39, 0.29) is 5.78 Å². The molecule has 4 nitrogen and oxygen atoms in total. The van der Waals surface area contributed by atoms with E-state index in [1.807, 2.05) is 0 Å². The maximum atomic E-state index is 11.3. The van der Waals surface area contributed by atoms with Gasteiger partial charge < -0.3 is 14.2 Å². The van der Waals surface area contributed by atoms with E-state index in [0.717, 1.165) is 0 Å². The van der Waals surface area contributed by atoms with Crippen molar-refractivity contribution >= 4 is 5.78 Å². The first kappa shape index (κ1) is 8.16. The van der Waals surface area contributed by atoms with Crippen molar-refractivity contribution < 1.29 is 19.0 Å². The molecule has 0 N–H and O–H groups in total. The highest BCUT2D eigenvalue weighted by molar-refractivity contribution is 5.84. The Morgan fingerprint density at radius 3 is 2.83 bits per heavy atom. The van der Waals surface area contributed by atoms with Gasteiger partial charge in [0.05, 0.1) is 6.61 Å². The molecule has 0 aromatic rings. The fraction of sp³-hybridized carbons (Fsp3) is 0.875. The number of rotatable bonds is 0. The lowest BCUT2D eigenvalue weighted by Gasteiger charge is -2.20. The lowest BCUT2D eigenvalue weighted by atomic mass is 10.1. The summed E-state index contributed by atoms with van der Waals surface area (Å²) in [7, 11) is 0. The molecule has 0 radical (unpaired) electrons. The van der Waals surface area contributed by atoms with Gasteiger partial charge in [0, 0.05) is 6.42 Å². The Morgan fingerprint density at radius 1 is 1.42 bits per heavy atom. The number of ketones is 1. The molecule has 0 saturated carbocycles. The highest BCUT2D eigenvalue weighted by Crippen LogP contribution is 2.31. The fourth-order valence-electron chi connectivity index (χ4n) is 1.49. The van der Waals surface area contributed by atoms with Crippen molar-refractivity contribution in [2.45, 2.75) is 38.4 Å². The minimum absolute atomic E-state index is 0.0804. The topological polar surface area (TPSA) is 44.8 Å². The van der Waals surface area contributed by atoms with Crippen molar-refractivity contribution in [2.24, 2.45) is 0 Å². The average molecular weight is 172 g/mol. The van der Waals surface area contributed by atoms with Crippen molar-refractivity contribution in [3.05, 3.63) is 0 Å². The highest BCUT2D eigenvalue weighted by atomic mass is 16.8. The molecule has 2 aliphatic heterocycles. The van der Waals surface area contributed by atoms with E-state index < -0.39 is 18.2 Å². The van der Waals surface area contributed by atoms with E-state index in [1.165, 1.54) is 0 Å². The Balaban J connectivity index is 2.14. The zero-order chi connectivity index (χ0) is 8.77. The molecule has 2 fully saturated rings. The molecule has 68 valence electrons. The summed E-state index contributed by atoms with van der Waals surface area (Å²) < 4.78 is 16.0. The van der Waals surface area contributed by atoms with Crippen LogP contribution in [0, 0.1) is 0 Å². The number of carbonyl (C=O) groups is 1. The van der Waals surface area contributed by atoms with Crippen LogP contribution < -0.4 is 0 Å². The maximum Gasteiger partial charge on any atom is 0.194 e. The monoisotopic (exact) mass is 172 g/mol. The molecule has 2 atom stereocenters. The van der Waals surface area contributed by atoms with Crippen LogP contribution >= 0.6 is 0 Å². The molecule has 0 amide bonds. The normalized spacial score (nSPS) is 39.7. The highest BCUT2D eigenvalue weighted by Gasteiger charge is 2.47. The molecule has 2 heterocycles. The Labute approximate surface area is 70.8 Å². The summed E-state index contributed by atoms with van der Waals surface area (Å²) in [5.74, 6) is -0.605. The molecular weight excluding hydrogens is 160 g/mol. The summed E-state index contributed by atoms with van der Waals surface area (Å²) in [6, 6.07) is 0. The minimum Gasteiger partial charge on any atom is -0.349 e. The summed E-state index contributed by atoms with van der Waals surface area (Å²) in [5.41, 5.74) is 0. The van der Waals surface area contributed by atoms with Crippen molar-refractivity contribution in [3.8, 4) is 0 Å². The van der Waals surface area contributed by atoms with Gasteiger partial charge in [0.25, 0.3) is 0 Å². The van der Waals surface area contributed by atoms with Crippen LogP contribution in [0.25, 0.3) is 0 Å². The Hall–Kier alpha value is -0.450. The molecule has 0 aromatic carbocycles. The molecule has 2 saturated heterocycles. The third-order valence-corrected chi connectivity index (χ3v) is 2.01. The second kappa shape index (κ2) is 2.52. The largest absolute Gasteiger partial charge is 0.349 e. The Kier molecular flexibility index (Phi) is 1.71. The van der Waals surface area contributed by atoms with Gasteiger partial charge in [-0.2, -0.15) is 0 Å². The molecule has 0 bridgehead atoms. The summed E-state index contributed by atoms with van der Waals surface area (Å²) in [6.45, 7) is 4.00. The second-order valence-electron chi connectivity index (χ2n) is 3.51. The number of carbonyl (C=O) groups excluding carboxylic acids is 1. The molecule has 0 aliphatic carbocycles. The number of ether oxygens (including phenoxy) is 3. The third kappa shape index (κ3) is 1.26. The first-order chi connectivity index (χ1) is 5.58. The van der Waals surface area contributed by atoms with Crippen LogP contribution in [0.1, 0.15) is 20.3 Å². The van der Waals surface area contributed by atoms with E-state index in [0.29, 0.717) is 13.0 Å². The van der Waals surface area contributed by atoms with E-state index in [4.69, 9.17) is 14.2 Å². The Morgan fingerprint density at radius 2 is 2.17 bits per heavy atom. The van der Waals surface area contributed by atoms with Gasteiger partial charge >= 0.3 is 0 Å². The molecule has 2 unspecified atom stereocenters. The molecule has 4 heteroatoms. The van der Waals surface area contributed by atoms with Crippen LogP contribution in [0.5, 0.6) is 0 Å². The first-order valence-corrected chi connectivity index (χ1v) is 4.08. The zero-order valence-electron chi connectivity index (χ0n) is 7.20. The molecule has 2 aliphatic rings. The van der Waals surface area contributed by atoms with Gasteiger partial charge in [-0.3, -0.25) is 4.79 Å². The average Bonchev–Trinajstić information content (AvgIpc) is 2.25.